The molecule has 0 spiro atoms. The van der Waals surface area contributed by atoms with Crippen molar-refractivity contribution in [1.82, 2.24) is 10.6 Å². The van der Waals surface area contributed by atoms with Crippen LogP contribution in [-0.2, 0) is 0 Å². The van der Waals surface area contributed by atoms with Gasteiger partial charge in [0.25, 0.3) is 0 Å². The molecule has 2 aliphatic rings. The lowest BCUT2D eigenvalue weighted by molar-refractivity contribution is -0.0926. The molecule has 1 aliphatic heterocycles. The molecule has 2 fully saturated rings. The molecular weight excluding hydrogens is 190 g/mol. The number of fused-ring (bicyclic) bond motifs is 2. The maximum absolute atomic E-state index is 11.0. The monoisotopic (exact) mass is 203 g/mol. The van der Waals surface area contributed by atoms with Crippen molar-refractivity contribution in [2.24, 2.45) is 5.73 Å². The quantitative estimate of drug-likeness (QED) is 0.243. The van der Waals surface area contributed by atoms with Gasteiger partial charge in [-0.1, -0.05) is 0 Å². The smallest absolute Gasteiger partial charge is 0.315 e. The number of nitrogens with one attached hydrogen (secondary N) is 2. The van der Waals surface area contributed by atoms with Gasteiger partial charge in [0.2, 0.25) is 0 Å². The molecule has 0 radical (unpaired) electrons. The van der Waals surface area contributed by atoms with Crippen LogP contribution < -0.4 is 16.4 Å². The first-order valence-electron chi connectivity index (χ1n) is 4.39. The fraction of sp³-hybridized carbons (Fsp3) is 0.857. The van der Waals surface area contributed by atoms with E-state index in [1.54, 1.807) is 0 Å². The Morgan fingerprint density at radius 1 is 1.00 bits per heavy atom. The summed E-state index contributed by atoms with van der Waals surface area (Å²) in [5.41, 5.74) is 5.52. The van der Waals surface area contributed by atoms with Gasteiger partial charge >= 0.3 is 6.03 Å². The van der Waals surface area contributed by atoms with Crippen molar-refractivity contribution in [2.75, 3.05) is 0 Å². The Bertz CT molecular complexity index is 231. The molecule has 2 bridgehead atoms. The normalized spacial score (nSPS) is 52.1. The number of carbonyl (C=O) groups excluding carboxylic acids is 1. The molecule has 1 aliphatic carbocycles. The summed E-state index contributed by atoms with van der Waals surface area (Å²) in [5, 5.41) is 33.4. The second kappa shape index (κ2) is 3.06. The second-order valence-electron chi connectivity index (χ2n) is 3.72. The van der Waals surface area contributed by atoms with Crippen molar-refractivity contribution in [3.8, 4) is 0 Å². The zero-order valence-corrected chi connectivity index (χ0v) is 7.29. The van der Waals surface area contributed by atoms with Crippen LogP contribution in [0.1, 0.15) is 0 Å². The average molecular weight is 203 g/mol. The second-order valence-corrected chi connectivity index (χ2v) is 3.72. The zero-order chi connectivity index (χ0) is 10.5. The Balaban J connectivity index is 2.27. The first kappa shape index (κ1) is 9.66. The first-order valence-corrected chi connectivity index (χ1v) is 4.39. The van der Waals surface area contributed by atoms with Crippen molar-refractivity contribution in [3.63, 3.8) is 0 Å². The molecule has 2 rings (SSSR count). The van der Waals surface area contributed by atoms with Crippen molar-refractivity contribution in [2.45, 2.75) is 36.4 Å². The maximum Gasteiger partial charge on any atom is 0.315 e. The molecule has 7 heteroatoms. The van der Waals surface area contributed by atoms with Crippen LogP contribution in [-0.4, -0.2) is 57.8 Å². The number of aliphatic hydroxyl groups excluding tert-OH is 3. The number of carbonyl (C=O) groups is 1. The highest BCUT2D eigenvalue weighted by Gasteiger charge is 2.51. The summed E-state index contributed by atoms with van der Waals surface area (Å²) in [6.45, 7) is 0. The van der Waals surface area contributed by atoms with Crippen molar-refractivity contribution < 1.29 is 20.1 Å². The van der Waals surface area contributed by atoms with Crippen LogP contribution in [0.4, 0.5) is 4.79 Å². The van der Waals surface area contributed by atoms with E-state index in [1.807, 2.05) is 0 Å². The maximum atomic E-state index is 11.0. The Morgan fingerprint density at radius 3 is 1.86 bits per heavy atom. The van der Waals surface area contributed by atoms with E-state index in [1.165, 1.54) is 0 Å². The highest BCUT2D eigenvalue weighted by Crippen LogP contribution is 2.22. The number of rotatable bonds is 0. The number of aliphatic hydroxyl groups is 3. The van der Waals surface area contributed by atoms with E-state index in [0.717, 1.165) is 0 Å². The summed E-state index contributed by atoms with van der Waals surface area (Å²) >= 11 is 0. The molecule has 2 unspecified atom stereocenters. The largest absolute Gasteiger partial charge is 0.389 e. The fourth-order valence-electron chi connectivity index (χ4n) is 1.99. The van der Waals surface area contributed by atoms with Gasteiger partial charge in [0, 0.05) is 0 Å². The van der Waals surface area contributed by atoms with Gasteiger partial charge in [-0.05, 0) is 0 Å². The van der Waals surface area contributed by atoms with Gasteiger partial charge in [-0.15, -0.1) is 0 Å². The Labute approximate surface area is 79.9 Å². The molecule has 6 atom stereocenters. The van der Waals surface area contributed by atoms with Gasteiger partial charge in [-0.3, -0.25) is 0 Å². The minimum absolute atomic E-state index is 0.518. The van der Waals surface area contributed by atoms with Crippen molar-refractivity contribution in [3.05, 3.63) is 0 Å². The van der Waals surface area contributed by atoms with Crippen LogP contribution in [0.15, 0.2) is 0 Å². The summed E-state index contributed by atoms with van der Waals surface area (Å²) in [6, 6.07) is -3.02. The molecule has 80 valence electrons. The van der Waals surface area contributed by atoms with E-state index in [-0.39, 0.29) is 0 Å². The lowest BCUT2D eigenvalue weighted by atomic mass is 9.79. The summed E-state index contributed by atoms with van der Waals surface area (Å²) in [6.07, 6.45) is -3.30. The van der Waals surface area contributed by atoms with E-state index in [0.29, 0.717) is 0 Å². The summed E-state index contributed by atoms with van der Waals surface area (Å²) < 4.78 is 0. The van der Waals surface area contributed by atoms with Gasteiger partial charge in [-0.25, -0.2) is 4.79 Å². The van der Waals surface area contributed by atoms with E-state index < -0.39 is 42.5 Å². The van der Waals surface area contributed by atoms with Crippen LogP contribution in [0.3, 0.4) is 0 Å². The van der Waals surface area contributed by atoms with Crippen LogP contribution >= 0.6 is 0 Å². The van der Waals surface area contributed by atoms with Gasteiger partial charge < -0.3 is 31.7 Å². The molecule has 1 saturated carbocycles. The van der Waals surface area contributed by atoms with Gasteiger partial charge in [-0.2, -0.15) is 0 Å². The average Bonchev–Trinajstić information content (AvgIpc) is 2.16. The van der Waals surface area contributed by atoms with Crippen LogP contribution in [0, 0.1) is 0 Å². The van der Waals surface area contributed by atoms with E-state index in [2.05, 4.69) is 10.6 Å². The summed E-state index contributed by atoms with van der Waals surface area (Å²) in [5.74, 6) is 0. The highest BCUT2D eigenvalue weighted by atomic mass is 16.3. The minimum Gasteiger partial charge on any atom is -0.389 e. The standard InChI is InChI=1S/C7H13N3O4/c8-1-4(11)2-6(13)3(5(1)12)10-7(14)9-2/h1-6,11-13H,8H2,(H2,9,10,14)/t1?,2-,3+,4-,5+,6?. The predicted molar refractivity (Wildman–Crippen MR) is 45.2 cm³/mol. The minimum atomic E-state index is -1.14. The number of amides is 2. The lowest BCUT2D eigenvalue weighted by Gasteiger charge is -2.48. The van der Waals surface area contributed by atoms with Crippen LogP contribution in [0.2, 0.25) is 0 Å². The summed E-state index contributed by atoms with van der Waals surface area (Å²) in [7, 11) is 0. The molecule has 7 nitrogen and oxygen atoms in total. The third-order valence-corrected chi connectivity index (χ3v) is 2.86. The third-order valence-electron chi connectivity index (χ3n) is 2.86. The molecule has 2 amide bonds. The Morgan fingerprint density at radius 2 is 1.43 bits per heavy atom. The lowest BCUT2D eigenvalue weighted by Crippen LogP contribution is -2.78. The topological polar surface area (TPSA) is 128 Å². The molecule has 14 heavy (non-hydrogen) atoms. The number of urea groups is 1. The zero-order valence-electron chi connectivity index (χ0n) is 7.29. The Kier molecular flexibility index (Phi) is 2.11. The predicted octanol–water partition coefficient (Wildman–Crippen LogP) is -3.54. The molecule has 1 saturated heterocycles. The van der Waals surface area contributed by atoms with E-state index in [4.69, 9.17) is 5.73 Å². The van der Waals surface area contributed by atoms with E-state index >= 15 is 0 Å². The van der Waals surface area contributed by atoms with Crippen molar-refractivity contribution >= 4 is 6.03 Å². The SMILES string of the molecule is NC1[C@@H](O)[C@H]2NC(=O)N[C@H](C2O)[C@H]1O. The molecule has 0 aromatic carbocycles. The number of hydrogen-bond donors (Lipinski definition) is 6. The van der Waals surface area contributed by atoms with Gasteiger partial charge in [0.1, 0.15) is 0 Å². The molecule has 1 heterocycles. The molecule has 7 N–H and O–H groups in total. The highest BCUT2D eigenvalue weighted by molar-refractivity contribution is 5.76. The van der Waals surface area contributed by atoms with Crippen molar-refractivity contribution in [1.29, 1.82) is 0 Å². The number of nitrogens with two attached hydrogens (primary N) is 1. The van der Waals surface area contributed by atoms with E-state index in [9.17, 15) is 20.1 Å². The molecular formula is C7H13N3O4. The molecule has 0 aromatic heterocycles. The van der Waals surface area contributed by atoms with Crippen LogP contribution in [0.25, 0.3) is 0 Å². The first-order chi connectivity index (χ1) is 6.52. The Hall–Kier alpha value is -0.890. The molecule has 0 aromatic rings. The van der Waals surface area contributed by atoms with Gasteiger partial charge in [0.05, 0.1) is 36.4 Å². The number of hydrogen-bond acceptors (Lipinski definition) is 5. The summed E-state index contributed by atoms with van der Waals surface area (Å²) in [4.78, 5) is 11.0. The van der Waals surface area contributed by atoms with Crippen LogP contribution in [0.5, 0.6) is 0 Å². The third kappa shape index (κ3) is 1.17. The van der Waals surface area contributed by atoms with Gasteiger partial charge in [0.15, 0.2) is 0 Å². The fourth-order valence-corrected chi connectivity index (χ4v) is 1.99.